The minimum absolute atomic E-state index is 0.0873. The molecule has 0 spiro atoms. The Hall–Kier alpha value is -2.13. The first-order valence-corrected chi connectivity index (χ1v) is 12.7. The Morgan fingerprint density at radius 1 is 1.06 bits per heavy atom. The highest BCUT2D eigenvalue weighted by Crippen LogP contribution is 2.46. The summed E-state index contributed by atoms with van der Waals surface area (Å²) in [5.41, 5.74) is -1.56. The Morgan fingerprint density at radius 2 is 1.69 bits per heavy atom. The van der Waals surface area contributed by atoms with E-state index in [9.17, 15) is 18.3 Å². The average molecular weight is 509 g/mol. The van der Waals surface area contributed by atoms with Gasteiger partial charge in [0.05, 0.1) is 11.2 Å². The average Bonchev–Trinajstić information content (AvgIpc) is 2.87. The van der Waals surface area contributed by atoms with Crippen LogP contribution >= 0.6 is 0 Å². The number of para-hydroxylation sites is 2. The van der Waals surface area contributed by atoms with Gasteiger partial charge in [0.1, 0.15) is 11.5 Å². The van der Waals surface area contributed by atoms with Crippen LogP contribution in [-0.2, 0) is 16.5 Å². The first kappa shape index (κ1) is 28.4. The second-order valence-corrected chi connectivity index (χ2v) is 9.71. The topological polar surface area (TPSA) is 54.0 Å². The lowest BCUT2D eigenvalue weighted by Gasteiger charge is -2.45. The van der Waals surface area contributed by atoms with Crippen molar-refractivity contribution in [3.63, 3.8) is 0 Å². The Labute approximate surface area is 212 Å². The lowest BCUT2D eigenvalue weighted by atomic mass is 9.73. The van der Waals surface area contributed by atoms with E-state index in [0.717, 1.165) is 44.8 Å². The molecule has 36 heavy (non-hydrogen) atoms. The number of nitrogens with one attached hydrogen (secondary N) is 1. The first-order chi connectivity index (χ1) is 17.2. The van der Waals surface area contributed by atoms with Crippen LogP contribution in [0.1, 0.15) is 50.2 Å². The molecule has 1 aliphatic heterocycles. The summed E-state index contributed by atoms with van der Waals surface area (Å²) in [6.45, 7) is 5.26. The number of likely N-dealkylation sites (tertiary alicyclic amines) is 1. The third kappa shape index (κ3) is 7.00. The number of benzene rings is 2. The molecule has 0 saturated carbocycles. The number of alkyl halides is 3. The molecule has 3 rings (SSSR count). The summed E-state index contributed by atoms with van der Waals surface area (Å²) in [7, 11) is 3.58. The van der Waals surface area contributed by atoms with Crippen LogP contribution in [0.15, 0.2) is 48.5 Å². The number of unbranched alkanes of at least 4 members (excludes halogenated alkanes) is 1. The van der Waals surface area contributed by atoms with Crippen molar-refractivity contribution < 1.29 is 27.8 Å². The molecule has 0 aromatic heterocycles. The molecular formula is C28H39F3N2O3. The molecule has 1 unspecified atom stereocenters. The van der Waals surface area contributed by atoms with Crippen molar-refractivity contribution in [3.8, 4) is 11.5 Å². The normalized spacial score (nSPS) is 19.6. The van der Waals surface area contributed by atoms with Crippen molar-refractivity contribution in [2.45, 2.75) is 56.8 Å². The molecule has 1 saturated heterocycles. The standard InChI is InChI=1S/C28H39F3N2O3/c1-21(19-32-2)33-17-10-11-22(20-33)27(34,16-8-9-18-35-3)23-12-4-6-14-25(23)36-26-15-7-5-13-24(26)28(29,30)31/h4-7,12-15,21-22,32,34H,8-11,16-20H2,1-3H3/t21?,22-,27+/m1/s1. The SMILES string of the molecule is CNCC(C)N1CCC[C@@H]([C@@](O)(CCCCOC)c2ccccc2Oc2ccccc2C(F)(F)F)C1. The summed E-state index contributed by atoms with van der Waals surface area (Å²) in [6.07, 6.45) is -0.798. The summed E-state index contributed by atoms with van der Waals surface area (Å²) < 4.78 is 52.1. The molecule has 2 aromatic rings. The largest absolute Gasteiger partial charge is 0.456 e. The summed E-state index contributed by atoms with van der Waals surface area (Å²) in [5, 5.41) is 15.6. The van der Waals surface area contributed by atoms with Gasteiger partial charge in [0.15, 0.2) is 0 Å². The third-order valence-electron chi connectivity index (χ3n) is 7.17. The fourth-order valence-corrected chi connectivity index (χ4v) is 5.24. The number of likely N-dealkylation sites (N-methyl/N-ethyl adjacent to an activating group) is 1. The highest BCUT2D eigenvalue weighted by molar-refractivity contribution is 5.45. The summed E-state index contributed by atoms with van der Waals surface area (Å²) >= 11 is 0. The van der Waals surface area contributed by atoms with Gasteiger partial charge in [-0.25, -0.2) is 0 Å². The molecule has 200 valence electrons. The molecule has 8 heteroatoms. The molecule has 0 amide bonds. The van der Waals surface area contributed by atoms with Crippen molar-refractivity contribution in [1.29, 1.82) is 0 Å². The highest BCUT2D eigenvalue weighted by Gasteiger charge is 2.43. The van der Waals surface area contributed by atoms with E-state index in [4.69, 9.17) is 9.47 Å². The lowest BCUT2D eigenvalue weighted by Crippen LogP contribution is -2.50. The van der Waals surface area contributed by atoms with E-state index in [1.54, 1.807) is 25.3 Å². The number of hydrogen-bond acceptors (Lipinski definition) is 5. The Bertz CT molecular complexity index is 956. The van der Waals surface area contributed by atoms with Gasteiger partial charge in [-0.1, -0.05) is 30.3 Å². The van der Waals surface area contributed by atoms with Crippen LogP contribution in [0, 0.1) is 5.92 Å². The van der Waals surface area contributed by atoms with Crippen molar-refractivity contribution in [1.82, 2.24) is 10.2 Å². The maximum absolute atomic E-state index is 13.6. The molecule has 1 heterocycles. The molecule has 0 bridgehead atoms. The molecule has 2 aromatic carbocycles. The molecule has 1 fully saturated rings. The van der Waals surface area contributed by atoms with Gasteiger partial charge in [0.25, 0.3) is 0 Å². The van der Waals surface area contributed by atoms with Gasteiger partial charge in [-0.2, -0.15) is 13.2 Å². The second kappa shape index (κ2) is 12.9. The predicted octanol–water partition coefficient (Wildman–Crippen LogP) is 5.82. The number of methoxy groups -OCH3 is 1. The van der Waals surface area contributed by atoms with Gasteiger partial charge in [0, 0.05) is 44.3 Å². The van der Waals surface area contributed by atoms with Crippen LogP contribution in [0.25, 0.3) is 0 Å². The number of hydrogen-bond donors (Lipinski definition) is 2. The van der Waals surface area contributed by atoms with E-state index in [1.165, 1.54) is 18.2 Å². The lowest BCUT2D eigenvalue weighted by molar-refractivity contribution is -0.138. The van der Waals surface area contributed by atoms with Gasteiger partial charge in [-0.3, -0.25) is 4.90 Å². The van der Waals surface area contributed by atoms with Gasteiger partial charge in [-0.05, 0) is 70.8 Å². The maximum Gasteiger partial charge on any atom is 0.419 e. The highest BCUT2D eigenvalue weighted by atomic mass is 19.4. The zero-order valence-electron chi connectivity index (χ0n) is 21.5. The molecule has 5 nitrogen and oxygen atoms in total. The summed E-state index contributed by atoms with van der Waals surface area (Å²) in [6, 6.07) is 12.5. The second-order valence-electron chi connectivity index (χ2n) is 9.71. The zero-order chi connectivity index (χ0) is 26.2. The minimum Gasteiger partial charge on any atom is -0.456 e. The van der Waals surface area contributed by atoms with Crippen LogP contribution in [-0.4, -0.2) is 56.4 Å². The smallest absolute Gasteiger partial charge is 0.419 e. The van der Waals surface area contributed by atoms with E-state index in [1.807, 2.05) is 13.1 Å². The molecule has 0 aliphatic carbocycles. The molecule has 0 radical (unpaired) electrons. The maximum atomic E-state index is 13.6. The van der Waals surface area contributed by atoms with E-state index in [2.05, 4.69) is 17.1 Å². The molecular weight excluding hydrogens is 469 g/mol. The summed E-state index contributed by atoms with van der Waals surface area (Å²) in [5.74, 6) is -0.105. The van der Waals surface area contributed by atoms with Crippen LogP contribution in [0.2, 0.25) is 0 Å². The Balaban J connectivity index is 1.98. The van der Waals surface area contributed by atoms with Crippen molar-refractivity contribution in [2.75, 3.05) is 40.4 Å². The zero-order valence-corrected chi connectivity index (χ0v) is 21.5. The minimum atomic E-state index is -4.55. The van der Waals surface area contributed by atoms with Crippen molar-refractivity contribution in [3.05, 3.63) is 59.7 Å². The van der Waals surface area contributed by atoms with Gasteiger partial charge >= 0.3 is 6.18 Å². The fourth-order valence-electron chi connectivity index (χ4n) is 5.24. The Kier molecular flexibility index (Phi) is 10.2. The van der Waals surface area contributed by atoms with Crippen molar-refractivity contribution >= 4 is 0 Å². The third-order valence-corrected chi connectivity index (χ3v) is 7.17. The quantitative estimate of drug-likeness (QED) is 0.354. The number of piperidine rings is 1. The van der Waals surface area contributed by atoms with Gasteiger partial charge < -0.3 is 19.9 Å². The number of halogens is 3. The molecule has 3 atom stereocenters. The number of ether oxygens (including phenoxy) is 2. The Morgan fingerprint density at radius 3 is 2.33 bits per heavy atom. The van der Waals surface area contributed by atoms with Gasteiger partial charge in [-0.15, -0.1) is 0 Å². The van der Waals surface area contributed by atoms with E-state index < -0.39 is 17.3 Å². The van der Waals surface area contributed by atoms with Crippen LogP contribution in [0.5, 0.6) is 11.5 Å². The predicted molar refractivity (Wildman–Crippen MR) is 135 cm³/mol. The van der Waals surface area contributed by atoms with Crippen molar-refractivity contribution in [2.24, 2.45) is 5.92 Å². The van der Waals surface area contributed by atoms with Crippen LogP contribution < -0.4 is 10.1 Å². The van der Waals surface area contributed by atoms with Gasteiger partial charge in [0.2, 0.25) is 0 Å². The van der Waals surface area contributed by atoms with E-state index in [0.29, 0.717) is 31.2 Å². The molecule has 2 N–H and O–H groups in total. The number of rotatable bonds is 12. The monoisotopic (exact) mass is 508 g/mol. The van der Waals surface area contributed by atoms with Crippen LogP contribution in [0.4, 0.5) is 13.2 Å². The fraction of sp³-hybridized carbons (Fsp3) is 0.571. The van der Waals surface area contributed by atoms with E-state index >= 15 is 0 Å². The number of aliphatic hydroxyl groups is 1. The summed E-state index contributed by atoms with van der Waals surface area (Å²) in [4.78, 5) is 2.38. The van der Waals surface area contributed by atoms with E-state index in [-0.39, 0.29) is 17.4 Å². The first-order valence-electron chi connectivity index (χ1n) is 12.7. The number of nitrogens with zero attached hydrogens (tertiary/aromatic N) is 1. The molecule has 1 aliphatic rings. The van der Waals surface area contributed by atoms with Crippen LogP contribution in [0.3, 0.4) is 0 Å².